The van der Waals surface area contributed by atoms with Crippen molar-refractivity contribution in [2.45, 2.75) is 58.0 Å². The zero-order valence-corrected chi connectivity index (χ0v) is 17.3. The minimum absolute atomic E-state index is 0.0927. The average Bonchev–Trinajstić information content (AvgIpc) is 2.94. The number of piperidine rings is 1. The number of nitrogens with zero attached hydrogens (tertiary/aromatic N) is 2. The van der Waals surface area contributed by atoms with E-state index in [9.17, 15) is 18.0 Å². The molecule has 5 nitrogen and oxygen atoms in total. The van der Waals surface area contributed by atoms with Gasteiger partial charge in [-0.2, -0.15) is 13.2 Å². The molecule has 1 fully saturated rings. The third-order valence-corrected chi connectivity index (χ3v) is 4.97. The Morgan fingerprint density at radius 3 is 2.45 bits per heavy atom. The molecular weight excluding hydrogens is 383 g/mol. The van der Waals surface area contributed by atoms with Gasteiger partial charge in [-0.1, -0.05) is 6.07 Å². The predicted octanol–water partition coefficient (Wildman–Crippen LogP) is 4.67. The van der Waals surface area contributed by atoms with Gasteiger partial charge in [-0.15, -0.1) is 0 Å². The normalized spacial score (nSPS) is 16.9. The Balaban J connectivity index is 2.00. The van der Waals surface area contributed by atoms with Crippen molar-refractivity contribution in [1.29, 1.82) is 0 Å². The highest BCUT2D eigenvalue weighted by Crippen LogP contribution is 2.32. The standard InChI is InChI=1S/C21H28F3N3O2/c1-20(2,3)29-19(28)18-12-15-16(25-14-8-10-26(4)11-9-14)6-5-7-17(15)27(18)13-21(22,23)24/h5-7,12,14,25H,8-11,13H2,1-4H3. The maximum Gasteiger partial charge on any atom is 0.406 e. The quantitative estimate of drug-likeness (QED) is 0.743. The number of hydrogen-bond acceptors (Lipinski definition) is 4. The number of benzene rings is 1. The number of ether oxygens (including phenoxy) is 1. The van der Waals surface area contributed by atoms with Gasteiger partial charge in [0.1, 0.15) is 17.8 Å². The molecular formula is C21H28F3N3O2. The number of alkyl halides is 3. The topological polar surface area (TPSA) is 46.5 Å². The molecule has 160 valence electrons. The monoisotopic (exact) mass is 411 g/mol. The number of likely N-dealkylation sites (tertiary alicyclic amines) is 1. The van der Waals surface area contributed by atoms with E-state index < -0.39 is 24.3 Å². The molecule has 0 atom stereocenters. The minimum Gasteiger partial charge on any atom is -0.455 e. The molecule has 8 heteroatoms. The zero-order chi connectivity index (χ0) is 21.4. The van der Waals surface area contributed by atoms with Gasteiger partial charge >= 0.3 is 12.1 Å². The van der Waals surface area contributed by atoms with Crippen LogP contribution in [0.15, 0.2) is 24.3 Å². The van der Waals surface area contributed by atoms with Gasteiger partial charge in [-0.05, 0) is 71.9 Å². The van der Waals surface area contributed by atoms with Crippen LogP contribution in [0.5, 0.6) is 0 Å². The second-order valence-corrected chi connectivity index (χ2v) is 8.69. The Morgan fingerprint density at radius 1 is 1.21 bits per heavy atom. The lowest BCUT2D eigenvalue weighted by Gasteiger charge is -2.30. The summed E-state index contributed by atoms with van der Waals surface area (Å²) in [6, 6.07) is 6.91. The van der Waals surface area contributed by atoms with E-state index in [0.29, 0.717) is 10.9 Å². The largest absolute Gasteiger partial charge is 0.455 e. The van der Waals surface area contributed by atoms with Crippen molar-refractivity contribution in [3.05, 3.63) is 30.0 Å². The lowest BCUT2D eigenvalue weighted by atomic mass is 10.0. The fraction of sp³-hybridized carbons (Fsp3) is 0.571. The second kappa shape index (κ2) is 7.89. The molecule has 29 heavy (non-hydrogen) atoms. The Kier molecular flexibility index (Phi) is 5.85. The van der Waals surface area contributed by atoms with Crippen molar-refractivity contribution in [1.82, 2.24) is 9.47 Å². The van der Waals surface area contributed by atoms with Crippen LogP contribution < -0.4 is 5.32 Å². The zero-order valence-electron chi connectivity index (χ0n) is 17.3. The maximum atomic E-state index is 13.2. The predicted molar refractivity (Wildman–Crippen MR) is 107 cm³/mol. The van der Waals surface area contributed by atoms with Crippen molar-refractivity contribution in [2.75, 3.05) is 25.5 Å². The van der Waals surface area contributed by atoms with Crippen molar-refractivity contribution < 1.29 is 22.7 Å². The van der Waals surface area contributed by atoms with Crippen molar-refractivity contribution in [2.24, 2.45) is 0 Å². The van der Waals surface area contributed by atoms with Crippen LogP contribution in [0.2, 0.25) is 0 Å². The van der Waals surface area contributed by atoms with Crippen molar-refractivity contribution in [3.8, 4) is 0 Å². The number of carbonyl (C=O) groups excluding carboxylic acids is 1. The second-order valence-electron chi connectivity index (χ2n) is 8.69. The third kappa shape index (κ3) is 5.44. The van der Waals surface area contributed by atoms with E-state index in [2.05, 4.69) is 17.3 Å². The van der Waals surface area contributed by atoms with Gasteiger partial charge in [0.05, 0.1) is 5.52 Å². The van der Waals surface area contributed by atoms with E-state index in [1.807, 2.05) is 6.07 Å². The molecule has 1 aliphatic rings. The molecule has 1 aromatic heterocycles. The summed E-state index contributed by atoms with van der Waals surface area (Å²) >= 11 is 0. The molecule has 0 amide bonds. The summed E-state index contributed by atoms with van der Waals surface area (Å²) in [5.74, 6) is -0.761. The highest BCUT2D eigenvalue weighted by molar-refractivity contribution is 6.00. The van der Waals surface area contributed by atoms with Gasteiger partial charge < -0.3 is 19.5 Å². The summed E-state index contributed by atoms with van der Waals surface area (Å²) < 4.78 is 46.1. The highest BCUT2D eigenvalue weighted by Gasteiger charge is 2.32. The lowest BCUT2D eigenvalue weighted by Crippen LogP contribution is -2.36. The SMILES string of the molecule is CN1CCC(Nc2cccc3c2cc(C(=O)OC(C)(C)C)n3CC(F)(F)F)CC1. The first kappa shape index (κ1) is 21.5. The molecule has 1 aliphatic heterocycles. The fourth-order valence-corrected chi connectivity index (χ4v) is 3.63. The van der Waals surface area contributed by atoms with E-state index in [0.717, 1.165) is 36.2 Å². The maximum absolute atomic E-state index is 13.2. The first-order valence-electron chi connectivity index (χ1n) is 9.80. The van der Waals surface area contributed by atoms with Crippen LogP contribution in [0, 0.1) is 0 Å². The molecule has 2 aromatic rings. The van der Waals surface area contributed by atoms with E-state index in [1.165, 1.54) is 6.07 Å². The van der Waals surface area contributed by atoms with E-state index >= 15 is 0 Å². The van der Waals surface area contributed by atoms with Crippen LogP contribution in [0.4, 0.5) is 18.9 Å². The van der Waals surface area contributed by atoms with Gasteiger partial charge in [0.15, 0.2) is 0 Å². The number of halogens is 3. The Labute approximate surface area is 168 Å². The van der Waals surface area contributed by atoms with Crippen LogP contribution >= 0.6 is 0 Å². The van der Waals surface area contributed by atoms with E-state index in [4.69, 9.17) is 4.74 Å². The molecule has 1 saturated heterocycles. The molecule has 0 spiro atoms. The van der Waals surface area contributed by atoms with Crippen LogP contribution in [0.3, 0.4) is 0 Å². The summed E-state index contributed by atoms with van der Waals surface area (Å²) in [6.07, 6.45) is -2.55. The molecule has 0 aliphatic carbocycles. The molecule has 0 unspecified atom stereocenters. The van der Waals surface area contributed by atoms with Crippen molar-refractivity contribution >= 4 is 22.6 Å². The summed E-state index contributed by atoms with van der Waals surface area (Å²) in [5.41, 5.74) is 0.208. The third-order valence-electron chi connectivity index (χ3n) is 4.97. The number of anilines is 1. The number of carbonyl (C=O) groups is 1. The van der Waals surface area contributed by atoms with Crippen LogP contribution in [-0.2, 0) is 11.3 Å². The van der Waals surface area contributed by atoms with Crippen LogP contribution in [-0.4, -0.2) is 53.4 Å². The Hall–Kier alpha value is -2.22. The van der Waals surface area contributed by atoms with Crippen LogP contribution in [0.1, 0.15) is 44.1 Å². The smallest absolute Gasteiger partial charge is 0.406 e. The summed E-state index contributed by atoms with van der Waals surface area (Å²) in [6.45, 7) is 5.75. The number of hydrogen-bond donors (Lipinski definition) is 1. The summed E-state index contributed by atoms with van der Waals surface area (Å²) in [5, 5.41) is 4.06. The van der Waals surface area contributed by atoms with E-state index in [-0.39, 0.29) is 11.7 Å². The molecule has 0 saturated carbocycles. The van der Waals surface area contributed by atoms with Gasteiger partial charge in [-0.25, -0.2) is 4.79 Å². The van der Waals surface area contributed by atoms with Crippen LogP contribution in [0.25, 0.3) is 10.9 Å². The van der Waals surface area contributed by atoms with Gasteiger partial charge in [0.25, 0.3) is 0 Å². The average molecular weight is 411 g/mol. The minimum atomic E-state index is -4.46. The first-order valence-corrected chi connectivity index (χ1v) is 9.80. The highest BCUT2D eigenvalue weighted by atomic mass is 19.4. The first-order chi connectivity index (χ1) is 13.4. The van der Waals surface area contributed by atoms with Crippen molar-refractivity contribution in [3.63, 3.8) is 0 Å². The number of fused-ring (bicyclic) bond motifs is 1. The molecule has 1 aromatic carbocycles. The fourth-order valence-electron chi connectivity index (χ4n) is 3.63. The van der Waals surface area contributed by atoms with Gasteiger partial charge in [0.2, 0.25) is 0 Å². The summed E-state index contributed by atoms with van der Waals surface area (Å²) in [4.78, 5) is 14.9. The number of esters is 1. The number of aromatic nitrogens is 1. The van der Waals surface area contributed by atoms with Gasteiger partial charge in [0, 0.05) is 17.1 Å². The molecule has 3 rings (SSSR count). The number of nitrogens with one attached hydrogen (secondary N) is 1. The number of rotatable bonds is 4. The van der Waals surface area contributed by atoms with Gasteiger partial charge in [-0.3, -0.25) is 0 Å². The summed E-state index contributed by atoms with van der Waals surface area (Å²) in [7, 11) is 2.07. The Bertz CT molecular complexity index is 876. The lowest BCUT2D eigenvalue weighted by molar-refractivity contribution is -0.140. The molecule has 0 radical (unpaired) electrons. The molecule has 0 bridgehead atoms. The van der Waals surface area contributed by atoms with E-state index in [1.54, 1.807) is 32.9 Å². The Morgan fingerprint density at radius 2 is 1.86 bits per heavy atom. The molecule has 1 N–H and O–H groups in total. The molecule has 2 heterocycles.